The molecule has 0 spiro atoms. The van der Waals surface area contributed by atoms with E-state index in [1.807, 2.05) is 0 Å². The molecular weight excluding hydrogens is 592 g/mol. The van der Waals surface area contributed by atoms with Crippen LogP contribution in [0, 0.1) is 0 Å². The van der Waals surface area contributed by atoms with Crippen LogP contribution in [0.4, 0.5) is 31.1 Å². The highest BCUT2D eigenvalue weighted by Gasteiger charge is 2.48. The van der Waals surface area contributed by atoms with Gasteiger partial charge in [-0.2, -0.15) is 26.3 Å². The summed E-state index contributed by atoms with van der Waals surface area (Å²) in [6, 6.07) is 6.17. The lowest BCUT2D eigenvalue weighted by atomic mass is 9.99. The van der Waals surface area contributed by atoms with Crippen molar-refractivity contribution < 1.29 is 40.7 Å². The fourth-order valence-corrected chi connectivity index (χ4v) is 5.29. The molecule has 8 nitrogen and oxygen atoms in total. The third kappa shape index (κ3) is 7.09. The van der Waals surface area contributed by atoms with E-state index in [9.17, 15) is 40.7 Å². The van der Waals surface area contributed by atoms with E-state index in [4.69, 9.17) is 17.3 Å². The van der Waals surface area contributed by atoms with Crippen molar-refractivity contribution in [3.63, 3.8) is 0 Å². The molecule has 4 rings (SSSR count). The summed E-state index contributed by atoms with van der Waals surface area (Å²) >= 11 is 5.96. The number of urea groups is 1. The molecule has 2 atom stereocenters. The van der Waals surface area contributed by atoms with Gasteiger partial charge in [-0.25, -0.2) is 4.79 Å². The summed E-state index contributed by atoms with van der Waals surface area (Å²) in [5.74, 6) is -0.674. The number of carbonyl (C=O) groups excluding carboxylic acids is 3. The Morgan fingerprint density at radius 1 is 0.976 bits per heavy atom. The van der Waals surface area contributed by atoms with E-state index in [1.54, 1.807) is 24.3 Å². The van der Waals surface area contributed by atoms with Crippen LogP contribution in [0.25, 0.3) is 0 Å². The van der Waals surface area contributed by atoms with Crippen LogP contribution in [0.2, 0.25) is 5.02 Å². The van der Waals surface area contributed by atoms with Crippen LogP contribution in [-0.2, 0) is 35.0 Å². The van der Waals surface area contributed by atoms with Crippen molar-refractivity contribution in [3.05, 3.63) is 69.7 Å². The summed E-state index contributed by atoms with van der Waals surface area (Å²) in [7, 11) is 0. The number of piperazine rings is 1. The molecule has 0 aliphatic carbocycles. The van der Waals surface area contributed by atoms with Gasteiger partial charge in [0.15, 0.2) is 0 Å². The molecule has 2 aromatic carbocycles. The molecule has 2 saturated heterocycles. The second-order valence-corrected chi connectivity index (χ2v) is 10.5. The fraction of sp³-hybridized carbons (Fsp3) is 0.444. The third-order valence-electron chi connectivity index (χ3n) is 7.17. The van der Waals surface area contributed by atoms with Crippen molar-refractivity contribution in [1.82, 2.24) is 20.0 Å². The molecular formula is C27H28ClF6N5O3. The molecule has 0 saturated carbocycles. The molecule has 0 unspecified atom stereocenters. The predicted octanol–water partition coefficient (Wildman–Crippen LogP) is 4.60. The molecule has 0 radical (unpaired) electrons. The Kier molecular flexibility index (Phi) is 9.26. The maximum absolute atomic E-state index is 13.5. The van der Waals surface area contributed by atoms with Gasteiger partial charge in [0.25, 0.3) is 0 Å². The summed E-state index contributed by atoms with van der Waals surface area (Å²) in [6.45, 7) is -0.328. The third-order valence-corrected chi connectivity index (χ3v) is 7.42. The Hall–Kier alpha value is -3.52. The zero-order valence-electron chi connectivity index (χ0n) is 22.1. The molecule has 2 fully saturated rings. The smallest absolute Gasteiger partial charge is 0.334 e. The van der Waals surface area contributed by atoms with Crippen molar-refractivity contribution in [2.24, 2.45) is 5.73 Å². The predicted molar refractivity (Wildman–Crippen MR) is 140 cm³/mol. The molecule has 2 aliphatic rings. The number of halogens is 7. The molecule has 0 bridgehead atoms. The lowest BCUT2D eigenvalue weighted by Crippen LogP contribution is -2.71. The first kappa shape index (κ1) is 31.4. The monoisotopic (exact) mass is 619 g/mol. The van der Waals surface area contributed by atoms with Gasteiger partial charge in [0.2, 0.25) is 11.8 Å². The number of rotatable bonds is 7. The molecule has 3 N–H and O–H groups in total. The number of benzene rings is 2. The number of hydrogen-bond acceptors (Lipinski definition) is 4. The number of hydrogen-bond donors (Lipinski definition) is 2. The lowest BCUT2D eigenvalue weighted by Gasteiger charge is -2.52. The minimum atomic E-state index is -5.03. The molecule has 15 heteroatoms. The SMILES string of the molecule is NCCC[C@H]1C(=O)N(Cc2ccc(Cl)cc2)C[C@@H]2N(C(=O)NCc3cc(C(F)(F)F)cc(C(F)(F)F)c3)CCC(=O)N21. The van der Waals surface area contributed by atoms with E-state index in [0.29, 0.717) is 23.6 Å². The van der Waals surface area contributed by atoms with Gasteiger partial charge in [-0.3, -0.25) is 9.59 Å². The van der Waals surface area contributed by atoms with Gasteiger partial charge in [-0.15, -0.1) is 0 Å². The van der Waals surface area contributed by atoms with Crippen molar-refractivity contribution in [1.29, 1.82) is 0 Å². The number of nitrogens with one attached hydrogen (secondary N) is 1. The number of nitrogens with two attached hydrogens (primary N) is 1. The summed E-state index contributed by atoms with van der Waals surface area (Å²) in [4.78, 5) is 43.9. The highest BCUT2D eigenvalue weighted by atomic mass is 35.5. The maximum Gasteiger partial charge on any atom is 0.416 e. The number of nitrogens with zero attached hydrogens (tertiary/aromatic N) is 3. The van der Waals surface area contributed by atoms with Crippen LogP contribution < -0.4 is 11.1 Å². The van der Waals surface area contributed by atoms with Gasteiger partial charge in [0, 0.05) is 31.1 Å². The lowest BCUT2D eigenvalue weighted by molar-refractivity contribution is -0.167. The second kappa shape index (κ2) is 12.4. The van der Waals surface area contributed by atoms with Crippen LogP contribution in [0.3, 0.4) is 0 Å². The maximum atomic E-state index is 13.5. The minimum absolute atomic E-state index is 0.00916. The zero-order valence-corrected chi connectivity index (χ0v) is 22.9. The van der Waals surface area contributed by atoms with E-state index < -0.39 is 53.8 Å². The fourth-order valence-electron chi connectivity index (χ4n) is 5.16. The standard InChI is InChI=1S/C27H28ClF6N5O3/c28-20-5-3-16(4-6-20)14-37-15-22-38(9-7-23(40)39(22)21(24(37)41)2-1-8-35)25(42)36-13-17-10-18(26(29,30)31)12-19(11-17)27(32,33)34/h3-6,10-12,21-22H,1-2,7-9,13-15,35H2,(H,36,42)/t21-,22+/m0/s1. The average molecular weight is 620 g/mol. The van der Waals surface area contributed by atoms with Crippen LogP contribution in [0.15, 0.2) is 42.5 Å². The van der Waals surface area contributed by atoms with E-state index in [2.05, 4.69) is 5.32 Å². The van der Waals surface area contributed by atoms with Crippen LogP contribution in [0.5, 0.6) is 0 Å². The molecule has 42 heavy (non-hydrogen) atoms. The highest BCUT2D eigenvalue weighted by molar-refractivity contribution is 6.30. The molecule has 2 heterocycles. The number of carbonyl (C=O) groups is 3. The first-order chi connectivity index (χ1) is 19.7. The van der Waals surface area contributed by atoms with Gasteiger partial charge >= 0.3 is 18.4 Å². The Balaban J connectivity index is 1.58. The topological polar surface area (TPSA) is 99.0 Å². The van der Waals surface area contributed by atoms with E-state index in [0.717, 1.165) is 5.56 Å². The summed E-state index contributed by atoms with van der Waals surface area (Å²) in [5, 5.41) is 2.89. The van der Waals surface area contributed by atoms with Crippen molar-refractivity contribution >= 4 is 29.4 Å². The summed E-state index contributed by atoms with van der Waals surface area (Å²) < 4.78 is 79.6. The molecule has 2 aliphatic heterocycles. The van der Waals surface area contributed by atoms with Gasteiger partial charge in [-0.05, 0) is 60.8 Å². The largest absolute Gasteiger partial charge is 0.416 e. The van der Waals surface area contributed by atoms with Crippen molar-refractivity contribution in [2.75, 3.05) is 19.6 Å². The molecule has 228 valence electrons. The van der Waals surface area contributed by atoms with Crippen LogP contribution in [-0.4, -0.2) is 64.4 Å². The van der Waals surface area contributed by atoms with E-state index in [-0.39, 0.29) is 56.9 Å². The van der Waals surface area contributed by atoms with Gasteiger partial charge in [0.1, 0.15) is 12.2 Å². The summed E-state index contributed by atoms with van der Waals surface area (Å²) in [6.07, 6.45) is -10.4. The minimum Gasteiger partial charge on any atom is -0.334 e. The first-order valence-electron chi connectivity index (χ1n) is 13.1. The molecule has 0 aromatic heterocycles. The number of fused-ring (bicyclic) bond motifs is 1. The Morgan fingerprint density at radius 3 is 2.17 bits per heavy atom. The Labute approximate surface area is 242 Å². The number of amides is 4. The van der Waals surface area contributed by atoms with E-state index in [1.165, 1.54) is 14.7 Å². The average Bonchev–Trinajstić information content (AvgIpc) is 2.92. The molecule has 2 aromatic rings. The second-order valence-electron chi connectivity index (χ2n) is 10.1. The van der Waals surface area contributed by atoms with Gasteiger partial charge in [-0.1, -0.05) is 23.7 Å². The number of alkyl halides is 6. The normalized spacial score (nSPS) is 19.7. The highest BCUT2D eigenvalue weighted by Crippen LogP contribution is 2.36. The van der Waals surface area contributed by atoms with Gasteiger partial charge < -0.3 is 25.8 Å². The van der Waals surface area contributed by atoms with Crippen molar-refractivity contribution in [2.45, 2.75) is 56.9 Å². The quantitative estimate of drug-likeness (QED) is 0.443. The Bertz CT molecular complexity index is 1290. The first-order valence-corrected chi connectivity index (χ1v) is 13.4. The van der Waals surface area contributed by atoms with Crippen LogP contribution >= 0.6 is 11.6 Å². The summed E-state index contributed by atoms with van der Waals surface area (Å²) in [5.41, 5.74) is 3.01. The van der Waals surface area contributed by atoms with Crippen LogP contribution in [0.1, 0.15) is 41.5 Å². The zero-order chi connectivity index (χ0) is 30.8. The Morgan fingerprint density at radius 2 is 1.60 bits per heavy atom. The molecule has 4 amide bonds. The van der Waals surface area contributed by atoms with Gasteiger partial charge in [0.05, 0.1) is 17.7 Å². The van der Waals surface area contributed by atoms with E-state index >= 15 is 0 Å². The van der Waals surface area contributed by atoms with Crippen molar-refractivity contribution in [3.8, 4) is 0 Å².